The van der Waals surface area contributed by atoms with Crippen molar-refractivity contribution in [3.8, 4) is 5.69 Å². The quantitative estimate of drug-likeness (QED) is 0.818. The fraction of sp³-hybridized carbons (Fsp3) is 0.400. The maximum absolute atomic E-state index is 4.27. The maximum Gasteiger partial charge on any atom is 0.110 e. The molecule has 2 aromatic rings. The maximum atomic E-state index is 4.27. The summed E-state index contributed by atoms with van der Waals surface area (Å²) in [6, 6.07) is 6.61. The predicted molar refractivity (Wildman–Crippen MR) is 75.0 cm³/mol. The fourth-order valence-electron chi connectivity index (χ4n) is 2.14. The Bertz CT molecular complexity index is 514. The van der Waals surface area contributed by atoms with Crippen molar-refractivity contribution in [1.29, 1.82) is 0 Å². The van der Waals surface area contributed by atoms with E-state index in [-0.39, 0.29) is 0 Å². The van der Waals surface area contributed by atoms with Crippen molar-refractivity contribution in [3.63, 3.8) is 0 Å². The highest BCUT2D eigenvalue weighted by Crippen LogP contribution is 2.17. The van der Waals surface area contributed by atoms with Crippen LogP contribution in [0.3, 0.4) is 0 Å². The number of hydrogen-bond acceptors (Lipinski definition) is 2. The zero-order valence-corrected chi connectivity index (χ0v) is 11.4. The minimum absolute atomic E-state index is 0.942. The van der Waals surface area contributed by atoms with Crippen molar-refractivity contribution in [1.82, 2.24) is 14.9 Å². The van der Waals surface area contributed by atoms with Crippen LogP contribution in [0.2, 0.25) is 0 Å². The van der Waals surface area contributed by atoms with E-state index in [0.717, 1.165) is 18.9 Å². The van der Waals surface area contributed by atoms with Crippen LogP contribution in [-0.2, 0) is 6.54 Å². The lowest BCUT2D eigenvalue weighted by molar-refractivity contribution is 0.675. The smallest absolute Gasteiger partial charge is 0.110 e. The van der Waals surface area contributed by atoms with Crippen LogP contribution >= 0.6 is 0 Å². The lowest BCUT2D eigenvalue weighted by Gasteiger charge is -2.11. The number of nitrogens with one attached hydrogen (secondary N) is 1. The van der Waals surface area contributed by atoms with Gasteiger partial charge in [-0.3, -0.25) is 0 Å². The standard InChI is InChI=1S/C15H21N3/c1-4-7-16-11-14-5-6-15(12(2)10-14)18-9-8-17-13(18)3/h5-6,8-10,16H,4,7,11H2,1-3H3. The minimum Gasteiger partial charge on any atom is -0.313 e. The molecule has 0 radical (unpaired) electrons. The summed E-state index contributed by atoms with van der Waals surface area (Å²) in [5.74, 6) is 1.02. The van der Waals surface area contributed by atoms with E-state index in [1.165, 1.54) is 23.2 Å². The van der Waals surface area contributed by atoms with E-state index in [0.29, 0.717) is 0 Å². The SMILES string of the molecule is CCCNCc1ccc(-n2ccnc2C)c(C)c1. The van der Waals surface area contributed by atoms with Crippen LogP contribution < -0.4 is 5.32 Å². The van der Waals surface area contributed by atoms with Crippen molar-refractivity contribution in [2.45, 2.75) is 33.7 Å². The lowest BCUT2D eigenvalue weighted by atomic mass is 10.1. The van der Waals surface area contributed by atoms with Gasteiger partial charge in [-0.15, -0.1) is 0 Å². The van der Waals surface area contributed by atoms with Crippen molar-refractivity contribution in [3.05, 3.63) is 47.5 Å². The minimum atomic E-state index is 0.942. The molecule has 3 nitrogen and oxygen atoms in total. The van der Waals surface area contributed by atoms with E-state index < -0.39 is 0 Å². The van der Waals surface area contributed by atoms with Crippen LogP contribution in [0, 0.1) is 13.8 Å². The van der Waals surface area contributed by atoms with Crippen molar-refractivity contribution in [2.24, 2.45) is 0 Å². The molecule has 0 unspecified atom stereocenters. The number of aromatic nitrogens is 2. The molecule has 96 valence electrons. The van der Waals surface area contributed by atoms with Crippen LogP contribution in [0.15, 0.2) is 30.6 Å². The number of rotatable bonds is 5. The molecule has 3 heteroatoms. The molecule has 0 amide bonds. The molecule has 1 N–H and O–H groups in total. The highest BCUT2D eigenvalue weighted by molar-refractivity contribution is 5.43. The zero-order chi connectivity index (χ0) is 13.0. The van der Waals surface area contributed by atoms with Gasteiger partial charge in [-0.05, 0) is 44.0 Å². The Morgan fingerprint density at radius 2 is 2.11 bits per heavy atom. The molecule has 0 bridgehead atoms. The zero-order valence-electron chi connectivity index (χ0n) is 11.4. The largest absolute Gasteiger partial charge is 0.313 e. The second-order valence-corrected chi connectivity index (χ2v) is 4.64. The van der Waals surface area contributed by atoms with Crippen LogP contribution in [0.4, 0.5) is 0 Å². The molecular weight excluding hydrogens is 222 g/mol. The van der Waals surface area contributed by atoms with Gasteiger partial charge < -0.3 is 9.88 Å². The van der Waals surface area contributed by atoms with Gasteiger partial charge in [-0.2, -0.15) is 0 Å². The van der Waals surface area contributed by atoms with Crippen LogP contribution in [-0.4, -0.2) is 16.1 Å². The summed E-state index contributed by atoms with van der Waals surface area (Å²) >= 11 is 0. The summed E-state index contributed by atoms with van der Waals surface area (Å²) in [6.07, 6.45) is 5.02. The summed E-state index contributed by atoms with van der Waals surface area (Å²) in [7, 11) is 0. The van der Waals surface area contributed by atoms with Gasteiger partial charge in [0.15, 0.2) is 0 Å². The Balaban J connectivity index is 2.18. The Hall–Kier alpha value is -1.61. The van der Waals surface area contributed by atoms with Gasteiger partial charge in [0.1, 0.15) is 5.82 Å². The van der Waals surface area contributed by atoms with Crippen molar-refractivity contribution < 1.29 is 0 Å². The predicted octanol–water partition coefficient (Wildman–Crippen LogP) is 2.99. The van der Waals surface area contributed by atoms with E-state index in [1.54, 1.807) is 0 Å². The first-order valence-corrected chi connectivity index (χ1v) is 6.53. The van der Waals surface area contributed by atoms with Gasteiger partial charge >= 0.3 is 0 Å². The average Bonchev–Trinajstić information content (AvgIpc) is 2.76. The highest BCUT2D eigenvalue weighted by atomic mass is 15.1. The average molecular weight is 243 g/mol. The Morgan fingerprint density at radius 1 is 1.28 bits per heavy atom. The van der Waals surface area contributed by atoms with Crippen molar-refractivity contribution in [2.75, 3.05) is 6.54 Å². The molecule has 1 aromatic heterocycles. The molecule has 0 aliphatic heterocycles. The third kappa shape index (κ3) is 2.79. The van der Waals surface area contributed by atoms with Crippen LogP contribution in [0.25, 0.3) is 5.69 Å². The summed E-state index contributed by atoms with van der Waals surface area (Å²) < 4.78 is 2.12. The second kappa shape index (κ2) is 5.83. The monoisotopic (exact) mass is 243 g/mol. The summed E-state index contributed by atoms with van der Waals surface area (Å²) in [4.78, 5) is 4.27. The number of imidazole rings is 1. The molecule has 0 saturated heterocycles. The van der Waals surface area contributed by atoms with Crippen molar-refractivity contribution >= 4 is 0 Å². The van der Waals surface area contributed by atoms with Gasteiger partial charge in [0.2, 0.25) is 0 Å². The van der Waals surface area contributed by atoms with Gasteiger partial charge in [-0.1, -0.05) is 19.1 Å². The third-order valence-electron chi connectivity index (χ3n) is 3.10. The van der Waals surface area contributed by atoms with Gasteiger partial charge in [0.25, 0.3) is 0 Å². The van der Waals surface area contributed by atoms with Gasteiger partial charge in [0, 0.05) is 24.6 Å². The van der Waals surface area contributed by atoms with E-state index >= 15 is 0 Å². The van der Waals surface area contributed by atoms with E-state index in [9.17, 15) is 0 Å². The molecule has 1 heterocycles. The molecule has 18 heavy (non-hydrogen) atoms. The lowest BCUT2D eigenvalue weighted by Crippen LogP contribution is -2.14. The Labute approximate surface area is 109 Å². The highest BCUT2D eigenvalue weighted by Gasteiger charge is 2.04. The normalized spacial score (nSPS) is 10.8. The van der Waals surface area contributed by atoms with Gasteiger partial charge in [-0.25, -0.2) is 4.98 Å². The summed E-state index contributed by atoms with van der Waals surface area (Å²) in [5, 5.41) is 3.43. The van der Waals surface area contributed by atoms with Gasteiger partial charge in [0.05, 0.1) is 0 Å². The summed E-state index contributed by atoms with van der Waals surface area (Å²) in [6.45, 7) is 8.37. The molecule has 0 spiro atoms. The Morgan fingerprint density at radius 3 is 2.72 bits per heavy atom. The third-order valence-corrected chi connectivity index (χ3v) is 3.10. The molecular formula is C15H21N3. The first-order valence-electron chi connectivity index (χ1n) is 6.53. The first-order chi connectivity index (χ1) is 8.72. The number of aryl methyl sites for hydroxylation is 2. The van der Waals surface area contributed by atoms with E-state index in [2.05, 4.69) is 46.9 Å². The molecule has 1 aromatic carbocycles. The molecule has 0 saturated carbocycles. The second-order valence-electron chi connectivity index (χ2n) is 4.64. The number of benzene rings is 1. The molecule has 0 fully saturated rings. The number of hydrogen-bond donors (Lipinski definition) is 1. The van der Waals surface area contributed by atoms with E-state index in [4.69, 9.17) is 0 Å². The van der Waals surface area contributed by atoms with Crippen LogP contribution in [0.1, 0.15) is 30.3 Å². The fourth-order valence-corrected chi connectivity index (χ4v) is 2.14. The molecule has 0 atom stereocenters. The molecule has 0 aliphatic carbocycles. The number of nitrogens with zero attached hydrogens (tertiary/aromatic N) is 2. The van der Waals surface area contributed by atoms with Crippen LogP contribution in [0.5, 0.6) is 0 Å². The topological polar surface area (TPSA) is 29.9 Å². The molecule has 2 rings (SSSR count). The summed E-state index contributed by atoms with van der Waals surface area (Å²) in [5.41, 5.74) is 3.83. The Kier molecular flexibility index (Phi) is 4.15. The first kappa shape index (κ1) is 12.8. The molecule has 0 aliphatic rings. The van der Waals surface area contributed by atoms with E-state index in [1.807, 2.05) is 19.3 Å².